The molecule has 1 fully saturated rings. The highest BCUT2D eigenvalue weighted by molar-refractivity contribution is 7.99. The van der Waals surface area contributed by atoms with Crippen molar-refractivity contribution in [2.75, 3.05) is 7.05 Å². The highest BCUT2D eigenvalue weighted by atomic mass is 35.5. The molecule has 25 heavy (non-hydrogen) atoms. The summed E-state index contributed by atoms with van der Waals surface area (Å²) in [7, 11) is 1.71. The van der Waals surface area contributed by atoms with Crippen molar-refractivity contribution < 1.29 is 9.59 Å². The summed E-state index contributed by atoms with van der Waals surface area (Å²) < 4.78 is 0. The lowest BCUT2D eigenvalue weighted by Crippen LogP contribution is -2.53. The van der Waals surface area contributed by atoms with Crippen LogP contribution >= 0.6 is 23.4 Å². The van der Waals surface area contributed by atoms with Crippen molar-refractivity contribution in [2.24, 2.45) is 5.92 Å². The Bertz CT molecular complexity index is 823. The van der Waals surface area contributed by atoms with Gasteiger partial charge in [0.25, 0.3) is 0 Å². The maximum absolute atomic E-state index is 12.0. The Hall–Kier alpha value is -2.05. The van der Waals surface area contributed by atoms with Gasteiger partial charge in [0, 0.05) is 18.1 Å². The van der Waals surface area contributed by atoms with E-state index in [1.54, 1.807) is 30.3 Å². The first-order valence-electron chi connectivity index (χ1n) is 7.85. The van der Waals surface area contributed by atoms with Crippen molar-refractivity contribution >= 4 is 35.3 Å². The van der Waals surface area contributed by atoms with Crippen molar-refractivity contribution in [3.63, 3.8) is 0 Å². The summed E-state index contributed by atoms with van der Waals surface area (Å²) in [5.41, 5.74) is 1.98. The van der Waals surface area contributed by atoms with Crippen LogP contribution in [0.1, 0.15) is 24.1 Å². The predicted molar refractivity (Wildman–Crippen MR) is 97.8 cm³/mol. The fourth-order valence-electron chi connectivity index (χ4n) is 2.99. The molecule has 1 aromatic carbocycles. The van der Waals surface area contributed by atoms with Gasteiger partial charge in [-0.05, 0) is 42.3 Å². The SMILES string of the molecule is Cc1cc(Sc2ncccc2Cl)ccc1C1C(C)C(=O)NC(=O)N1C. The summed E-state index contributed by atoms with van der Waals surface area (Å²) in [4.78, 5) is 30.8. The molecule has 2 unspecified atom stereocenters. The number of aromatic nitrogens is 1. The van der Waals surface area contributed by atoms with Gasteiger partial charge >= 0.3 is 6.03 Å². The van der Waals surface area contributed by atoms with E-state index in [0.717, 1.165) is 21.0 Å². The smallest absolute Gasteiger partial charge is 0.320 e. The van der Waals surface area contributed by atoms with Crippen molar-refractivity contribution in [3.8, 4) is 0 Å². The highest BCUT2D eigenvalue weighted by Crippen LogP contribution is 2.36. The Labute approximate surface area is 155 Å². The zero-order chi connectivity index (χ0) is 18.1. The monoisotopic (exact) mass is 375 g/mol. The van der Waals surface area contributed by atoms with Crippen LogP contribution < -0.4 is 5.32 Å². The van der Waals surface area contributed by atoms with Crippen molar-refractivity contribution in [1.29, 1.82) is 0 Å². The Kier molecular flexibility index (Phi) is 5.01. The summed E-state index contributed by atoms with van der Waals surface area (Å²) in [5, 5.41) is 3.72. The second kappa shape index (κ2) is 7.06. The first kappa shape index (κ1) is 17.8. The molecule has 7 heteroatoms. The average molecular weight is 376 g/mol. The molecule has 1 N–H and O–H groups in total. The minimum atomic E-state index is -0.369. The van der Waals surface area contributed by atoms with Crippen LogP contribution in [-0.4, -0.2) is 28.9 Å². The van der Waals surface area contributed by atoms with Crippen LogP contribution in [0.4, 0.5) is 4.79 Å². The molecule has 0 aliphatic carbocycles. The van der Waals surface area contributed by atoms with E-state index < -0.39 is 0 Å². The predicted octanol–water partition coefficient (Wildman–Crippen LogP) is 4.05. The molecule has 1 aliphatic heterocycles. The number of benzene rings is 1. The van der Waals surface area contributed by atoms with Gasteiger partial charge in [-0.25, -0.2) is 9.78 Å². The third kappa shape index (κ3) is 3.50. The number of nitrogens with one attached hydrogen (secondary N) is 1. The molecular formula is C18H18ClN3O2S. The Balaban J connectivity index is 1.90. The number of hydrogen-bond acceptors (Lipinski definition) is 4. The summed E-state index contributed by atoms with van der Waals surface area (Å²) in [5.74, 6) is -0.559. The standard InChI is InChI=1S/C18H18ClN3O2S/c1-10-9-12(25-17-14(19)5-4-8-20-17)6-7-13(10)15-11(2)16(23)21-18(24)22(15)3/h4-9,11,15H,1-3H3,(H,21,23,24). The quantitative estimate of drug-likeness (QED) is 0.878. The minimum absolute atomic E-state index is 0.244. The third-order valence-electron chi connectivity index (χ3n) is 4.35. The van der Waals surface area contributed by atoms with E-state index in [1.807, 2.05) is 32.0 Å². The van der Waals surface area contributed by atoms with Gasteiger partial charge < -0.3 is 4.90 Å². The largest absolute Gasteiger partial charge is 0.324 e. The third-order valence-corrected chi connectivity index (χ3v) is 5.78. The van der Waals surface area contributed by atoms with E-state index in [1.165, 1.54) is 11.8 Å². The number of urea groups is 1. The lowest BCUT2D eigenvalue weighted by atomic mass is 9.88. The molecule has 3 rings (SSSR count). The van der Waals surface area contributed by atoms with Crippen LogP contribution in [0, 0.1) is 12.8 Å². The Morgan fingerprint density at radius 1 is 1.28 bits per heavy atom. The Morgan fingerprint density at radius 2 is 2.04 bits per heavy atom. The topological polar surface area (TPSA) is 62.3 Å². The van der Waals surface area contributed by atoms with E-state index in [-0.39, 0.29) is 23.9 Å². The van der Waals surface area contributed by atoms with E-state index in [9.17, 15) is 9.59 Å². The van der Waals surface area contributed by atoms with Crippen molar-refractivity contribution in [3.05, 3.63) is 52.7 Å². The van der Waals surface area contributed by atoms with Gasteiger partial charge in [-0.1, -0.05) is 36.4 Å². The van der Waals surface area contributed by atoms with E-state index in [4.69, 9.17) is 11.6 Å². The second-order valence-corrected chi connectivity index (χ2v) is 7.52. The number of carbonyl (C=O) groups is 2. The summed E-state index contributed by atoms with van der Waals surface area (Å²) in [6.07, 6.45) is 1.71. The zero-order valence-corrected chi connectivity index (χ0v) is 15.7. The van der Waals surface area contributed by atoms with Crippen LogP contribution in [-0.2, 0) is 4.79 Å². The summed E-state index contributed by atoms with van der Waals surface area (Å²) in [6.45, 7) is 3.82. The molecule has 0 radical (unpaired) electrons. The molecule has 1 saturated heterocycles. The zero-order valence-electron chi connectivity index (χ0n) is 14.1. The van der Waals surface area contributed by atoms with Gasteiger partial charge in [0.15, 0.2) is 0 Å². The molecule has 130 valence electrons. The maximum Gasteiger partial charge on any atom is 0.324 e. The first-order valence-corrected chi connectivity index (χ1v) is 9.04. The van der Waals surface area contributed by atoms with Gasteiger partial charge in [-0.15, -0.1) is 0 Å². The number of halogens is 1. The molecule has 0 spiro atoms. The fraction of sp³-hybridized carbons (Fsp3) is 0.278. The number of rotatable bonds is 3. The molecule has 2 heterocycles. The molecule has 3 amide bonds. The van der Waals surface area contributed by atoms with Crippen LogP contribution in [0.15, 0.2) is 46.5 Å². The van der Waals surface area contributed by atoms with Crippen LogP contribution in [0.3, 0.4) is 0 Å². The number of carbonyl (C=O) groups excluding carboxylic acids is 2. The molecule has 1 aliphatic rings. The Morgan fingerprint density at radius 3 is 2.72 bits per heavy atom. The number of amides is 3. The van der Waals surface area contributed by atoms with E-state index in [0.29, 0.717) is 5.02 Å². The molecule has 1 aromatic heterocycles. The number of hydrogen-bond donors (Lipinski definition) is 1. The summed E-state index contributed by atoms with van der Waals surface area (Å²) in [6, 6.07) is 8.92. The highest BCUT2D eigenvalue weighted by Gasteiger charge is 2.38. The molecule has 5 nitrogen and oxygen atoms in total. The van der Waals surface area contributed by atoms with Gasteiger partial charge in [-0.2, -0.15) is 0 Å². The van der Waals surface area contributed by atoms with E-state index >= 15 is 0 Å². The van der Waals surface area contributed by atoms with Gasteiger partial charge in [-0.3, -0.25) is 10.1 Å². The lowest BCUT2D eigenvalue weighted by molar-refractivity contribution is -0.127. The van der Waals surface area contributed by atoms with Crippen LogP contribution in [0.5, 0.6) is 0 Å². The number of nitrogens with zero attached hydrogens (tertiary/aromatic N) is 2. The van der Waals surface area contributed by atoms with Crippen LogP contribution in [0.25, 0.3) is 0 Å². The van der Waals surface area contributed by atoms with Crippen molar-refractivity contribution in [2.45, 2.75) is 29.8 Å². The van der Waals surface area contributed by atoms with Gasteiger partial charge in [0.2, 0.25) is 5.91 Å². The number of aryl methyl sites for hydroxylation is 1. The van der Waals surface area contributed by atoms with Gasteiger partial charge in [0.05, 0.1) is 17.0 Å². The van der Waals surface area contributed by atoms with Gasteiger partial charge in [0.1, 0.15) is 5.03 Å². The normalized spacial score (nSPS) is 20.6. The average Bonchev–Trinajstić information content (AvgIpc) is 2.57. The summed E-state index contributed by atoms with van der Waals surface area (Å²) >= 11 is 7.65. The number of imide groups is 1. The molecule has 2 aromatic rings. The lowest BCUT2D eigenvalue weighted by Gasteiger charge is -2.37. The van der Waals surface area contributed by atoms with Crippen LogP contribution in [0.2, 0.25) is 5.02 Å². The molecule has 2 atom stereocenters. The fourth-order valence-corrected chi connectivity index (χ4v) is 4.10. The number of pyridine rings is 1. The molecule has 0 saturated carbocycles. The maximum atomic E-state index is 12.0. The van der Waals surface area contributed by atoms with Crippen molar-refractivity contribution in [1.82, 2.24) is 15.2 Å². The van der Waals surface area contributed by atoms with E-state index in [2.05, 4.69) is 10.3 Å². The first-order chi connectivity index (χ1) is 11.9. The molecule has 0 bridgehead atoms. The second-order valence-electron chi connectivity index (χ2n) is 6.05. The molecular weight excluding hydrogens is 358 g/mol. The minimum Gasteiger partial charge on any atom is -0.320 e.